The van der Waals surface area contributed by atoms with Gasteiger partial charge in [0.15, 0.2) is 0 Å². The second kappa shape index (κ2) is 5.37. The van der Waals surface area contributed by atoms with Gasteiger partial charge in [-0.2, -0.15) is 4.31 Å². The highest BCUT2D eigenvalue weighted by Gasteiger charge is 2.32. The zero-order chi connectivity index (χ0) is 14.9. The molecule has 1 N–H and O–H groups in total. The van der Waals surface area contributed by atoms with E-state index in [0.717, 1.165) is 12.5 Å². The number of anilines is 1. The van der Waals surface area contributed by atoms with Crippen molar-refractivity contribution in [2.45, 2.75) is 18.2 Å². The number of nitrogens with zero attached hydrogens (tertiary/aromatic N) is 2. The molecule has 0 saturated carbocycles. The van der Waals surface area contributed by atoms with Gasteiger partial charge in [0.05, 0.1) is 9.82 Å². The minimum Gasteiger partial charge on any atom is -0.383 e. The predicted molar refractivity (Wildman–Crippen MR) is 75.2 cm³/mol. The largest absolute Gasteiger partial charge is 0.383 e. The zero-order valence-electron chi connectivity index (χ0n) is 11.4. The maximum atomic E-state index is 12.4. The van der Waals surface area contributed by atoms with Gasteiger partial charge in [0.1, 0.15) is 5.69 Å². The monoisotopic (exact) mass is 299 g/mol. The van der Waals surface area contributed by atoms with Gasteiger partial charge in [-0.25, -0.2) is 8.42 Å². The van der Waals surface area contributed by atoms with Crippen LogP contribution >= 0.6 is 0 Å². The van der Waals surface area contributed by atoms with Crippen LogP contribution in [-0.4, -0.2) is 37.8 Å². The summed E-state index contributed by atoms with van der Waals surface area (Å²) in [7, 11) is -2.10. The van der Waals surface area contributed by atoms with Crippen LogP contribution < -0.4 is 5.32 Å². The first-order valence-corrected chi connectivity index (χ1v) is 7.76. The fourth-order valence-corrected chi connectivity index (χ4v) is 3.89. The van der Waals surface area contributed by atoms with Crippen molar-refractivity contribution < 1.29 is 13.3 Å². The summed E-state index contributed by atoms with van der Waals surface area (Å²) in [6.45, 7) is 2.91. The van der Waals surface area contributed by atoms with Gasteiger partial charge in [0.2, 0.25) is 10.0 Å². The third kappa shape index (κ3) is 2.61. The maximum Gasteiger partial charge on any atom is 0.293 e. The summed E-state index contributed by atoms with van der Waals surface area (Å²) in [4.78, 5) is 10.4. The van der Waals surface area contributed by atoms with Gasteiger partial charge in [0.25, 0.3) is 5.69 Å². The molecule has 1 aromatic carbocycles. The lowest BCUT2D eigenvalue weighted by molar-refractivity contribution is -0.384. The minimum absolute atomic E-state index is 0.0303. The number of nitrogens with one attached hydrogen (secondary N) is 1. The first kappa shape index (κ1) is 14.7. The Kier molecular flexibility index (Phi) is 3.96. The number of benzene rings is 1. The van der Waals surface area contributed by atoms with Crippen molar-refractivity contribution in [2.75, 3.05) is 25.5 Å². The zero-order valence-corrected chi connectivity index (χ0v) is 12.2. The van der Waals surface area contributed by atoms with Crippen LogP contribution in [0.4, 0.5) is 11.4 Å². The summed E-state index contributed by atoms with van der Waals surface area (Å²) in [5, 5.41) is 13.7. The molecule has 1 aliphatic heterocycles. The molecule has 20 heavy (non-hydrogen) atoms. The quantitative estimate of drug-likeness (QED) is 0.674. The Morgan fingerprint density at radius 2 is 2.15 bits per heavy atom. The van der Waals surface area contributed by atoms with Crippen molar-refractivity contribution in [1.29, 1.82) is 0 Å². The van der Waals surface area contributed by atoms with Crippen molar-refractivity contribution in [1.82, 2.24) is 4.31 Å². The molecule has 7 nitrogen and oxygen atoms in total. The van der Waals surface area contributed by atoms with Gasteiger partial charge in [0, 0.05) is 26.2 Å². The number of hydrogen-bond donors (Lipinski definition) is 1. The second-order valence-corrected chi connectivity index (χ2v) is 6.88. The average molecular weight is 299 g/mol. The van der Waals surface area contributed by atoms with Crippen molar-refractivity contribution in [3.05, 3.63) is 28.3 Å². The molecule has 0 aromatic heterocycles. The molecule has 110 valence electrons. The molecule has 1 fully saturated rings. The molecule has 0 radical (unpaired) electrons. The molecule has 0 amide bonds. The van der Waals surface area contributed by atoms with Crippen LogP contribution in [-0.2, 0) is 10.0 Å². The van der Waals surface area contributed by atoms with Crippen LogP contribution in [0.2, 0.25) is 0 Å². The van der Waals surface area contributed by atoms with Crippen molar-refractivity contribution in [3.63, 3.8) is 0 Å². The van der Waals surface area contributed by atoms with E-state index >= 15 is 0 Å². The van der Waals surface area contributed by atoms with Gasteiger partial charge in [-0.1, -0.05) is 6.92 Å². The van der Waals surface area contributed by atoms with Crippen molar-refractivity contribution in [3.8, 4) is 0 Å². The summed E-state index contributed by atoms with van der Waals surface area (Å²) in [6, 6.07) is 3.94. The predicted octanol–water partition coefficient (Wildman–Crippen LogP) is 1.67. The lowest BCUT2D eigenvalue weighted by atomic mass is 10.2. The van der Waals surface area contributed by atoms with E-state index in [1.807, 2.05) is 6.92 Å². The molecule has 1 saturated heterocycles. The lowest BCUT2D eigenvalue weighted by Crippen LogP contribution is -2.28. The Morgan fingerprint density at radius 3 is 2.65 bits per heavy atom. The molecule has 1 atom stereocenters. The number of nitro benzene ring substituents is 1. The summed E-state index contributed by atoms with van der Waals surface area (Å²) in [5.41, 5.74) is 0.0598. The Morgan fingerprint density at radius 1 is 1.45 bits per heavy atom. The number of sulfonamides is 1. The molecule has 0 aliphatic carbocycles. The molecule has 2 rings (SSSR count). The standard InChI is InChI=1S/C12H17N3O4S/c1-9-5-6-14(8-9)20(18,19)10-3-4-11(13-2)12(7-10)15(16)17/h3-4,7,9,13H,5-6,8H2,1-2H3. The SMILES string of the molecule is CNc1ccc(S(=O)(=O)N2CCC(C)C2)cc1[N+](=O)[O-]. The summed E-state index contributed by atoms with van der Waals surface area (Å²) in [5.74, 6) is 0.316. The highest BCUT2D eigenvalue weighted by molar-refractivity contribution is 7.89. The van der Waals surface area contributed by atoms with Crippen LogP contribution in [0.1, 0.15) is 13.3 Å². The maximum absolute atomic E-state index is 12.4. The molecular formula is C12H17N3O4S. The summed E-state index contributed by atoms with van der Waals surface area (Å²) in [6.07, 6.45) is 0.815. The van der Waals surface area contributed by atoms with E-state index in [1.54, 1.807) is 7.05 Å². The topological polar surface area (TPSA) is 92.6 Å². The molecule has 1 aliphatic rings. The third-order valence-electron chi connectivity index (χ3n) is 3.46. The first-order chi connectivity index (χ1) is 9.36. The molecular weight excluding hydrogens is 282 g/mol. The van der Waals surface area contributed by atoms with Crippen LogP contribution in [0.5, 0.6) is 0 Å². The second-order valence-electron chi connectivity index (χ2n) is 4.94. The number of nitro groups is 1. The first-order valence-electron chi connectivity index (χ1n) is 6.32. The summed E-state index contributed by atoms with van der Waals surface area (Å²) < 4.78 is 26.3. The molecule has 1 aromatic rings. The molecule has 1 heterocycles. The molecule has 0 bridgehead atoms. The van der Waals surface area contributed by atoms with Crippen molar-refractivity contribution in [2.24, 2.45) is 5.92 Å². The van der Waals surface area contributed by atoms with E-state index in [9.17, 15) is 18.5 Å². The van der Waals surface area contributed by atoms with Gasteiger partial charge in [-0.05, 0) is 24.5 Å². The molecule has 1 unspecified atom stereocenters. The fourth-order valence-electron chi connectivity index (χ4n) is 2.30. The van der Waals surface area contributed by atoms with E-state index in [2.05, 4.69) is 5.32 Å². The summed E-state index contributed by atoms with van der Waals surface area (Å²) >= 11 is 0. The van der Waals surface area contributed by atoms with E-state index in [0.29, 0.717) is 24.7 Å². The minimum atomic E-state index is -3.65. The fraction of sp³-hybridized carbons (Fsp3) is 0.500. The Hall–Kier alpha value is -1.67. The average Bonchev–Trinajstić information content (AvgIpc) is 2.85. The smallest absolute Gasteiger partial charge is 0.293 e. The Balaban J connectivity index is 2.42. The van der Waals surface area contributed by atoms with Gasteiger partial charge < -0.3 is 5.32 Å². The van der Waals surface area contributed by atoms with Crippen LogP contribution in [0.3, 0.4) is 0 Å². The van der Waals surface area contributed by atoms with E-state index < -0.39 is 14.9 Å². The van der Waals surface area contributed by atoms with E-state index in [-0.39, 0.29) is 10.6 Å². The highest BCUT2D eigenvalue weighted by Crippen LogP contribution is 2.30. The number of rotatable bonds is 4. The third-order valence-corrected chi connectivity index (χ3v) is 5.32. The van der Waals surface area contributed by atoms with E-state index in [1.165, 1.54) is 16.4 Å². The van der Waals surface area contributed by atoms with Crippen LogP contribution in [0.25, 0.3) is 0 Å². The van der Waals surface area contributed by atoms with E-state index in [4.69, 9.17) is 0 Å². The van der Waals surface area contributed by atoms with Gasteiger partial charge in [-0.15, -0.1) is 0 Å². The highest BCUT2D eigenvalue weighted by atomic mass is 32.2. The number of hydrogen-bond acceptors (Lipinski definition) is 5. The van der Waals surface area contributed by atoms with Gasteiger partial charge >= 0.3 is 0 Å². The molecule has 8 heteroatoms. The lowest BCUT2D eigenvalue weighted by Gasteiger charge is -2.16. The van der Waals surface area contributed by atoms with Crippen LogP contribution in [0, 0.1) is 16.0 Å². The van der Waals surface area contributed by atoms with Gasteiger partial charge in [-0.3, -0.25) is 10.1 Å². The Bertz CT molecular complexity index is 630. The van der Waals surface area contributed by atoms with Crippen LogP contribution in [0.15, 0.2) is 23.1 Å². The Labute approximate surface area is 117 Å². The normalized spacial score (nSPS) is 20.0. The molecule has 0 spiro atoms. The van der Waals surface area contributed by atoms with Crippen molar-refractivity contribution >= 4 is 21.4 Å².